The maximum atomic E-state index is 12.5. The van der Waals surface area contributed by atoms with Gasteiger partial charge in [-0.2, -0.15) is 0 Å². The zero-order chi connectivity index (χ0) is 20.5. The standard InChI is InChI=1S/C22H23N5OS/c1-13-9-14(2)20(15(3)10-13)24-19(28)12-29-22-26-25-21(27(22)4)17-11-23-18-8-6-5-7-16(17)18/h5-11,23H,12H2,1-4H3,(H,24,28). The zero-order valence-electron chi connectivity index (χ0n) is 16.9. The van der Waals surface area contributed by atoms with Gasteiger partial charge in [-0.15, -0.1) is 10.2 Å². The first-order valence-electron chi connectivity index (χ1n) is 9.40. The summed E-state index contributed by atoms with van der Waals surface area (Å²) in [5, 5.41) is 13.5. The number of anilines is 1. The van der Waals surface area contributed by atoms with E-state index in [1.807, 2.05) is 49.9 Å². The molecule has 1 amide bonds. The number of carbonyl (C=O) groups excluding carboxylic acids is 1. The average molecular weight is 406 g/mol. The van der Waals surface area contributed by atoms with Gasteiger partial charge in [-0.05, 0) is 38.0 Å². The third-order valence-electron chi connectivity index (χ3n) is 4.94. The second-order valence-electron chi connectivity index (χ2n) is 7.22. The van der Waals surface area contributed by atoms with Crippen LogP contribution in [0.3, 0.4) is 0 Å². The van der Waals surface area contributed by atoms with E-state index >= 15 is 0 Å². The van der Waals surface area contributed by atoms with Gasteiger partial charge in [-0.1, -0.05) is 47.7 Å². The molecule has 4 aromatic rings. The molecule has 0 spiro atoms. The number of H-pyrrole nitrogens is 1. The SMILES string of the molecule is Cc1cc(C)c(NC(=O)CSc2nnc(-c3c[nH]c4ccccc34)n2C)c(C)c1. The second-order valence-corrected chi connectivity index (χ2v) is 8.17. The fourth-order valence-corrected chi connectivity index (χ4v) is 4.33. The highest BCUT2D eigenvalue weighted by Gasteiger charge is 2.16. The van der Waals surface area contributed by atoms with Crippen LogP contribution in [-0.2, 0) is 11.8 Å². The quantitative estimate of drug-likeness (QED) is 0.475. The van der Waals surface area contributed by atoms with E-state index in [2.05, 4.69) is 45.6 Å². The summed E-state index contributed by atoms with van der Waals surface area (Å²) in [5.74, 6) is 0.990. The number of thioether (sulfide) groups is 1. The molecule has 4 rings (SSSR count). The topological polar surface area (TPSA) is 75.6 Å². The van der Waals surface area contributed by atoms with Crippen molar-refractivity contribution in [3.63, 3.8) is 0 Å². The zero-order valence-corrected chi connectivity index (χ0v) is 17.7. The molecule has 0 bridgehead atoms. The maximum Gasteiger partial charge on any atom is 0.234 e. The number of fused-ring (bicyclic) bond motifs is 1. The molecule has 0 saturated heterocycles. The first-order chi connectivity index (χ1) is 13.9. The molecule has 2 aromatic heterocycles. The second kappa shape index (κ2) is 7.75. The summed E-state index contributed by atoms with van der Waals surface area (Å²) in [6.07, 6.45) is 1.94. The number of aromatic nitrogens is 4. The Morgan fingerprint density at radius 3 is 2.62 bits per heavy atom. The predicted octanol–water partition coefficient (Wildman–Crippen LogP) is 4.62. The molecule has 7 heteroatoms. The molecule has 148 valence electrons. The van der Waals surface area contributed by atoms with Gasteiger partial charge in [0.2, 0.25) is 5.91 Å². The number of hydrogen-bond acceptors (Lipinski definition) is 4. The van der Waals surface area contributed by atoms with Crippen molar-refractivity contribution >= 4 is 34.3 Å². The van der Waals surface area contributed by atoms with Crippen molar-refractivity contribution in [2.75, 3.05) is 11.1 Å². The molecule has 2 heterocycles. The minimum absolute atomic E-state index is 0.0540. The minimum Gasteiger partial charge on any atom is -0.360 e. The molecule has 2 aromatic carbocycles. The van der Waals surface area contributed by atoms with Crippen LogP contribution in [0.25, 0.3) is 22.3 Å². The van der Waals surface area contributed by atoms with Crippen LogP contribution in [-0.4, -0.2) is 31.4 Å². The van der Waals surface area contributed by atoms with Crippen molar-refractivity contribution < 1.29 is 4.79 Å². The molecule has 0 saturated carbocycles. The first kappa shape index (κ1) is 19.3. The Balaban J connectivity index is 1.48. The maximum absolute atomic E-state index is 12.5. The van der Waals surface area contributed by atoms with Crippen LogP contribution in [0.1, 0.15) is 16.7 Å². The van der Waals surface area contributed by atoms with Crippen molar-refractivity contribution in [3.05, 3.63) is 59.3 Å². The molecular formula is C22H23N5OS. The van der Waals surface area contributed by atoms with Crippen molar-refractivity contribution in [1.29, 1.82) is 0 Å². The van der Waals surface area contributed by atoms with Gasteiger partial charge in [0.05, 0.1) is 5.75 Å². The van der Waals surface area contributed by atoms with E-state index in [9.17, 15) is 4.79 Å². The van der Waals surface area contributed by atoms with Gasteiger partial charge in [-0.25, -0.2) is 0 Å². The van der Waals surface area contributed by atoms with E-state index in [-0.39, 0.29) is 11.7 Å². The monoisotopic (exact) mass is 405 g/mol. The number of hydrogen-bond donors (Lipinski definition) is 2. The van der Waals surface area contributed by atoms with E-state index in [1.54, 1.807) is 0 Å². The molecule has 6 nitrogen and oxygen atoms in total. The molecule has 0 atom stereocenters. The number of benzene rings is 2. The van der Waals surface area contributed by atoms with Gasteiger partial charge in [0.25, 0.3) is 0 Å². The number of carbonyl (C=O) groups is 1. The summed E-state index contributed by atoms with van der Waals surface area (Å²) >= 11 is 1.38. The number of nitrogens with zero attached hydrogens (tertiary/aromatic N) is 3. The van der Waals surface area contributed by atoms with Crippen molar-refractivity contribution in [2.24, 2.45) is 7.05 Å². The van der Waals surface area contributed by atoms with Crippen LogP contribution in [0, 0.1) is 20.8 Å². The number of aromatic amines is 1. The van der Waals surface area contributed by atoms with Crippen LogP contribution >= 0.6 is 11.8 Å². The lowest BCUT2D eigenvalue weighted by Gasteiger charge is -2.12. The minimum atomic E-state index is -0.0540. The number of aryl methyl sites for hydroxylation is 3. The Hall–Kier alpha value is -3.06. The third kappa shape index (κ3) is 3.78. The summed E-state index contributed by atoms with van der Waals surface area (Å²) in [6.45, 7) is 6.08. The van der Waals surface area contributed by atoms with Crippen LogP contribution in [0.2, 0.25) is 0 Å². The van der Waals surface area contributed by atoms with Crippen LogP contribution in [0.5, 0.6) is 0 Å². The molecule has 2 N–H and O–H groups in total. The van der Waals surface area contributed by atoms with Gasteiger partial charge in [0, 0.05) is 35.4 Å². The largest absolute Gasteiger partial charge is 0.360 e. The first-order valence-corrected chi connectivity index (χ1v) is 10.4. The smallest absolute Gasteiger partial charge is 0.234 e. The third-order valence-corrected chi connectivity index (χ3v) is 5.96. The Labute approximate surface area is 173 Å². The molecule has 0 fully saturated rings. The Morgan fingerprint density at radius 1 is 1.14 bits per heavy atom. The summed E-state index contributed by atoms with van der Waals surface area (Å²) < 4.78 is 1.93. The lowest BCUT2D eigenvalue weighted by atomic mass is 10.1. The number of rotatable bonds is 5. The molecule has 0 unspecified atom stereocenters. The van der Waals surface area contributed by atoms with E-state index < -0.39 is 0 Å². The molecule has 0 aliphatic rings. The molecule has 29 heavy (non-hydrogen) atoms. The van der Waals surface area contributed by atoms with E-state index in [1.165, 1.54) is 17.3 Å². The van der Waals surface area contributed by atoms with Gasteiger partial charge in [0.15, 0.2) is 11.0 Å². The summed E-state index contributed by atoms with van der Waals surface area (Å²) in [7, 11) is 1.92. The lowest BCUT2D eigenvalue weighted by molar-refractivity contribution is -0.113. The highest BCUT2D eigenvalue weighted by molar-refractivity contribution is 7.99. The van der Waals surface area contributed by atoms with Gasteiger partial charge in [0.1, 0.15) is 0 Å². The highest BCUT2D eigenvalue weighted by Crippen LogP contribution is 2.29. The Kier molecular flexibility index (Phi) is 5.15. The van der Waals surface area contributed by atoms with E-state index in [0.29, 0.717) is 5.16 Å². The molecule has 0 aliphatic carbocycles. The van der Waals surface area contributed by atoms with Gasteiger partial charge in [-0.3, -0.25) is 4.79 Å². The number of para-hydroxylation sites is 1. The normalized spacial score (nSPS) is 11.2. The molecular weight excluding hydrogens is 382 g/mol. The lowest BCUT2D eigenvalue weighted by Crippen LogP contribution is -2.16. The predicted molar refractivity (Wildman–Crippen MR) is 118 cm³/mol. The fraction of sp³-hybridized carbons (Fsp3) is 0.227. The van der Waals surface area contributed by atoms with E-state index in [4.69, 9.17) is 0 Å². The van der Waals surface area contributed by atoms with Gasteiger partial charge >= 0.3 is 0 Å². The van der Waals surface area contributed by atoms with Crippen molar-refractivity contribution in [1.82, 2.24) is 19.7 Å². The van der Waals surface area contributed by atoms with Gasteiger partial charge < -0.3 is 14.9 Å². The molecule has 0 radical (unpaired) electrons. The highest BCUT2D eigenvalue weighted by atomic mass is 32.2. The molecule has 0 aliphatic heterocycles. The van der Waals surface area contributed by atoms with Crippen LogP contribution in [0.15, 0.2) is 47.8 Å². The van der Waals surface area contributed by atoms with Crippen LogP contribution in [0.4, 0.5) is 5.69 Å². The number of amides is 1. The summed E-state index contributed by atoms with van der Waals surface area (Å²) in [4.78, 5) is 15.8. The summed E-state index contributed by atoms with van der Waals surface area (Å²) in [5.41, 5.74) is 6.28. The Bertz CT molecular complexity index is 1180. The van der Waals surface area contributed by atoms with E-state index in [0.717, 1.165) is 39.1 Å². The number of nitrogens with one attached hydrogen (secondary N) is 2. The Morgan fingerprint density at radius 2 is 1.86 bits per heavy atom. The average Bonchev–Trinajstić information content (AvgIpc) is 3.26. The summed E-state index contributed by atoms with van der Waals surface area (Å²) in [6, 6.07) is 12.2. The van der Waals surface area contributed by atoms with Crippen molar-refractivity contribution in [2.45, 2.75) is 25.9 Å². The van der Waals surface area contributed by atoms with Crippen molar-refractivity contribution in [3.8, 4) is 11.4 Å². The fourth-order valence-electron chi connectivity index (χ4n) is 3.61. The van der Waals surface area contributed by atoms with Crippen LogP contribution < -0.4 is 5.32 Å².